The van der Waals surface area contributed by atoms with Crippen molar-refractivity contribution in [3.05, 3.63) is 58.6 Å². The third kappa shape index (κ3) is 4.81. The van der Waals surface area contributed by atoms with Crippen LogP contribution in [0.15, 0.2) is 36.4 Å². The van der Waals surface area contributed by atoms with Gasteiger partial charge in [0, 0.05) is 18.3 Å². The van der Waals surface area contributed by atoms with Crippen LogP contribution < -0.4 is 10.1 Å². The number of nitriles is 1. The SMILES string of the molecule is N#Cc1ccc(NCC(O)COc2ccc(F)c(F)c2)cc1Cl. The summed E-state index contributed by atoms with van der Waals surface area (Å²) in [6.45, 7) is 0.0635. The highest BCUT2D eigenvalue weighted by Gasteiger charge is 2.08. The van der Waals surface area contributed by atoms with E-state index in [1.165, 1.54) is 6.07 Å². The fourth-order valence-electron chi connectivity index (χ4n) is 1.77. The van der Waals surface area contributed by atoms with Gasteiger partial charge < -0.3 is 15.2 Å². The second-order valence-corrected chi connectivity index (χ2v) is 5.14. The zero-order valence-electron chi connectivity index (χ0n) is 11.9. The lowest BCUT2D eigenvalue weighted by Gasteiger charge is -2.14. The molecule has 1 unspecified atom stereocenters. The molecule has 2 rings (SSSR count). The third-order valence-electron chi connectivity index (χ3n) is 2.96. The van der Waals surface area contributed by atoms with Gasteiger partial charge in [0.05, 0.1) is 10.6 Å². The Morgan fingerprint density at radius 1 is 1.22 bits per heavy atom. The summed E-state index contributed by atoms with van der Waals surface area (Å²) in [5.74, 6) is -1.84. The number of benzene rings is 2. The Morgan fingerprint density at radius 2 is 2.00 bits per heavy atom. The number of nitrogens with zero attached hydrogens (tertiary/aromatic N) is 1. The van der Waals surface area contributed by atoms with E-state index in [0.717, 1.165) is 12.1 Å². The predicted molar refractivity (Wildman–Crippen MR) is 82.5 cm³/mol. The fourth-order valence-corrected chi connectivity index (χ4v) is 1.99. The van der Waals surface area contributed by atoms with Crippen LogP contribution in [0.1, 0.15) is 5.56 Å². The first-order valence-corrected chi connectivity index (χ1v) is 7.07. The van der Waals surface area contributed by atoms with Crippen LogP contribution >= 0.6 is 11.6 Å². The van der Waals surface area contributed by atoms with Crippen LogP contribution in [-0.2, 0) is 0 Å². The number of rotatable bonds is 6. The van der Waals surface area contributed by atoms with Gasteiger partial charge in [0.2, 0.25) is 0 Å². The number of nitrogens with one attached hydrogen (secondary N) is 1. The molecule has 0 fully saturated rings. The maximum absolute atomic E-state index is 13.0. The molecule has 23 heavy (non-hydrogen) atoms. The van der Waals surface area contributed by atoms with E-state index < -0.39 is 17.7 Å². The molecule has 0 heterocycles. The van der Waals surface area contributed by atoms with Gasteiger partial charge in [-0.05, 0) is 30.3 Å². The molecule has 120 valence electrons. The highest BCUT2D eigenvalue weighted by atomic mass is 35.5. The number of hydrogen-bond donors (Lipinski definition) is 2. The second-order valence-electron chi connectivity index (χ2n) is 4.73. The normalized spacial score (nSPS) is 11.6. The molecule has 2 aromatic carbocycles. The van der Waals surface area contributed by atoms with Crippen LogP contribution in [0.5, 0.6) is 5.75 Å². The lowest BCUT2D eigenvalue weighted by atomic mass is 10.2. The van der Waals surface area contributed by atoms with Crippen LogP contribution in [0, 0.1) is 23.0 Å². The van der Waals surface area contributed by atoms with E-state index >= 15 is 0 Å². The summed E-state index contributed by atoms with van der Waals surface area (Å²) in [5, 5.41) is 21.9. The minimum Gasteiger partial charge on any atom is -0.491 e. The van der Waals surface area contributed by atoms with E-state index in [9.17, 15) is 13.9 Å². The van der Waals surface area contributed by atoms with Crippen LogP contribution in [-0.4, -0.2) is 24.4 Å². The van der Waals surface area contributed by atoms with Crippen LogP contribution in [0.3, 0.4) is 0 Å². The molecule has 7 heteroatoms. The molecule has 0 saturated heterocycles. The summed E-state index contributed by atoms with van der Waals surface area (Å²) in [5.41, 5.74) is 1.00. The Balaban J connectivity index is 1.83. The van der Waals surface area contributed by atoms with Gasteiger partial charge in [-0.3, -0.25) is 0 Å². The first-order chi connectivity index (χ1) is 11.0. The molecular formula is C16H13ClF2N2O2. The first kappa shape index (κ1) is 17.0. The van der Waals surface area contributed by atoms with Gasteiger partial charge in [-0.15, -0.1) is 0 Å². The number of aliphatic hydroxyl groups is 1. The van der Waals surface area contributed by atoms with Gasteiger partial charge >= 0.3 is 0 Å². The van der Waals surface area contributed by atoms with Crippen molar-refractivity contribution >= 4 is 17.3 Å². The largest absolute Gasteiger partial charge is 0.491 e. The molecule has 2 N–H and O–H groups in total. The van der Waals surface area contributed by atoms with Crippen molar-refractivity contribution in [2.45, 2.75) is 6.10 Å². The molecule has 0 aliphatic heterocycles. The predicted octanol–water partition coefficient (Wildman–Crippen LogP) is 3.34. The summed E-state index contributed by atoms with van der Waals surface area (Å²) < 4.78 is 31.0. The van der Waals surface area contributed by atoms with Crippen molar-refractivity contribution in [3.8, 4) is 11.8 Å². The molecule has 1 atom stereocenters. The maximum atomic E-state index is 13.0. The van der Waals surface area contributed by atoms with Crippen molar-refractivity contribution in [2.75, 3.05) is 18.5 Å². The fraction of sp³-hybridized carbons (Fsp3) is 0.188. The minimum absolute atomic E-state index is 0.0952. The summed E-state index contributed by atoms with van der Waals surface area (Å²) >= 11 is 5.90. The summed E-state index contributed by atoms with van der Waals surface area (Å²) in [6, 6.07) is 9.89. The first-order valence-electron chi connectivity index (χ1n) is 6.69. The Morgan fingerprint density at radius 3 is 2.65 bits per heavy atom. The Hall–Kier alpha value is -2.36. The van der Waals surface area contributed by atoms with Crippen LogP contribution in [0.25, 0.3) is 0 Å². The van der Waals surface area contributed by atoms with Gasteiger partial charge in [0.25, 0.3) is 0 Å². The zero-order valence-corrected chi connectivity index (χ0v) is 12.6. The highest BCUT2D eigenvalue weighted by Crippen LogP contribution is 2.20. The molecule has 0 radical (unpaired) electrons. The van der Waals surface area contributed by atoms with E-state index in [1.54, 1.807) is 18.2 Å². The summed E-state index contributed by atoms with van der Waals surface area (Å²) in [7, 11) is 0. The maximum Gasteiger partial charge on any atom is 0.162 e. The van der Waals surface area contributed by atoms with E-state index in [-0.39, 0.29) is 18.9 Å². The standard InChI is InChI=1S/C16H13ClF2N2O2/c17-14-5-11(2-1-10(14)7-20)21-8-12(22)9-23-13-3-4-15(18)16(19)6-13/h1-6,12,21-22H,8-9H2. The van der Waals surface area contributed by atoms with Crippen molar-refractivity contribution in [3.63, 3.8) is 0 Å². The topological polar surface area (TPSA) is 65.3 Å². The zero-order chi connectivity index (χ0) is 16.8. The van der Waals surface area contributed by atoms with Gasteiger partial charge in [-0.25, -0.2) is 8.78 Å². The number of hydrogen-bond acceptors (Lipinski definition) is 4. The lowest BCUT2D eigenvalue weighted by molar-refractivity contribution is 0.117. The number of aliphatic hydroxyl groups excluding tert-OH is 1. The second kappa shape index (κ2) is 7.77. The third-order valence-corrected chi connectivity index (χ3v) is 3.28. The monoisotopic (exact) mass is 338 g/mol. The van der Waals surface area contributed by atoms with E-state index in [4.69, 9.17) is 21.6 Å². The van der Waals surface area contributed by atoms with Crippen molar-refractivity contribution in [2.24, 2.45) is 0 Å². The average molecular weight is 339 g/mol. The molecule has 0 aromatic heterocycles. The minimum atomic E-state index is -1.01. The van der Waals surface area contributed by atoms with Crippen molar-refractivity contribution < 1.29 is 18.6 Å². The Kier molecular flexibility index (Phi) is 5.74. The summed E-state index contributed by atoms with van der Waals surface area (Å²) in [4.78, 5) is 0. The van der Waals surface area contributed by atoms with Crippen molar-refractivity contribution in [1.82, 2.24) is 0 Å². The van der Waals surface area contributed by atoms with Crippen molar-refractivity contribution in [1.29, 1.82) is 5.26 Å². The van der Waals surface area contributed by atoms with Gasteiger partial charge in [0.15, 0.2) is 11.6 Å². The molecule has 0 bridgehead atoms. The quantitative estimate of drug-likeness (QED) is 0.848. The van der Waals surface area contributed by atoms with Crippen LogP contribution in [0.4, 0.5) is 14.5 Å². The molecule has 0 spiro atoms. The molecule has 0 saturated carbocycles. The smallest absolute Gasteiger partial charge is 0.162 e. The number of anilines is 1. The molecule has 0 aliphatic carbocycles. The lowest BCUT2D eigenvalue weighted by Crippen LogP contribution is -2.26. The van der Waals surface area contributed by atoms with E-state index in [1.807, 2.05) is 6.07 Å². The van der Waals surface area contributed by atoms with Crippen LogP contribution in [0.2, 0.25) is 5.02 Å². The number of halogens is 3. The Labute approximate surface area is 136 Å². The molecule has 0 aliphatic rings. The Bertz CT molecular complexity index is 735. The number of ether oxygens (including phenoxy) is 1. The van der Waals surface area contributed by atoms with E-state index in [2.05, 4.69) is 5.32 Å². The molecule has 2 aromatic rings. The van der Waals surface area contributed by atoms with E-state index in [0.29, 0.717) is 16.3 Å². The highest BCUT2D eigenvalue weighted by molar-refractivity contribution is 6.32. The molecule has 0 amide bonds. The molecule has 4 nitrogen and oxygen atoms in total. The van der Waals surface area contributed by atoms with Gasteiger partial charge in [0.1, 0.15) is 24.5 Å². The molecular weight excluding hydrogens is 326 g/mol. The van der Waals surface area contributed by atoms with Gasteiger partial charge in [-0.2, -0.15) is 5.26 Å². The average Bonchev–Trinajstić information content (AvgIpc) is 2.54. The summed E-state index contributed by atoms with van der Waals surface area (Å²) in [6.07, 6.45) is -0.877. The van der Waals surface area contributed by atoms with Gasteiger partial charge in [-0.1, -0.05) is 11.6 Å².